The number of carbonyl (C=O) groups is 3. The molecule has 2 rings (SSSR count). The Bertz CT molecular complexity index is 706. The standard InChI is InChI=1S/C19H24N4O3/c1-13(2)12-16(19(26)21-10-9-20)22-18(25)14-5-7-15(8-6-14)23-11-3-4-17(23)24/h5-8,13,16H,3-4,10-12H2,1-2H3,(H,21,26)(H,22,25)/t16-/m0/s1. The Morgan fingerprint density at radius 3 is 2.50 bits per heavy atom. The highest BCUT2D eigenvalue weighted by Gasteiger charge is 2.24. The van der Waals surface area contributed by atoms with Crippen LogP contribution < -0.4 is 15.5 Å². The summed E-state index contributed by atoms with van der Waals surface area (Å²) in [5.74, 6) is -0.431. The summed E-state index contributed by atoms with van der Waals surface area (Å²) in [6.45, 7) is 4.51. The largest absolute Gasteiger partial charge is 0.341 e. The molecule has 7 heteroatoms. The fourth-order valence-electron chi connectivity index (χ4n) is 2.91. The van der Waals surface area contributed by atoms with Gasteiger partial charge in [0.2, 0.25) is 11.8 Å². The van der Waals surface area contributed by atoms with Gasteiger partial charge in [-0.1, -0.05) is 13.8 Å². The first-order valence-electron chi connectivity index (χ1n) is 8.78. The molecule has 0 radical (unpaired) electrons. The van der Waals surface area contributed by atoms with Crippen molar-refractivity contribution in [3.05, 3.63) is 29.8 Å². The van der Waals surface area contributed by atoms with Gasteiger partial charge in [-0.3, -0.25) is 14.4 Å². The fourth-order valence-corrected chi connectivity index (χ4v) is 2.91. The zero-order chi connectivity index (χ0) is 19.1. The van der Waals surface area contributed by atoms with Crippen molar-refractivity contribution in [2.75, 3.05) is 18.0 Å². The Balaban J connectivity index is 2.04. The van der Waals surface area contributed by atoms with E-state index in [1.807, 2.05) is 19.9 Å². The molecule has 26 heavy (non-hydrogen) atoms. The predicted molar refractivity (Wildman–Crippen MR) is 97.4 cm³/mol. The van der Waals surface area contributed by atoms with E-state index in [1.165, 1.54) is 0 Å². The van der Waals surface area contributed by atoms with Crippen molar-refractivity contribution in [3.63, 3.8) is 0 Å². The van der Waals surface area contributed by atoms with Crippen LogP contribution in [-0.4, -0.2) is 36.9 Å². The first kappa shape index (κ1) is 19.4. The average Bonchev–Trinajstić information content (AvgIpc) is 3.04. The lowest BCUT2D eigenvalue weighted by atomic mass is 10.0. The minimum atomic E-state index is -0.698. The number of carbonyl (C=O) groups excluding carboxylic acids is 3. The minimum absolute atomic E-state index is 0.0911. The third-order valence-corrected chi connectivity index (χ3v) is 4.19. The van der Waals surface area contributed by atoms with E-state index in [2.05, 4.69) is 10.6 Å². The number of anilines is 1. The molecule has 1 saturated heterocycles. The molecule has 1 aliphatic heterocycles. The van der Waals surface area contributed by atoms with Crippen LogP contribution in [-0.2, 0) is 9.59 Å². The number of benzene rings is 1. The molecular weight excluding hydrogens is 332 g/mol. The summed E-state index contributed by atoms with van der Waals surface area (Å²) < 4.78 is 0. The van der Waals surface area contributed by atoms with Gasteiger partial charge in [0.1, 0.15) is 12.6 Å². The van der Waals surface area contributed by atoms with Crippen LogP contribution in [0.15, 0.2) is 24.3 Å². The molecule has 138 valence electrons. The first-order valence-corrected chi connectivity index (χ1v) is 8.78. The molecule has 1 atom stereocenters. The van der Waals surface area contributed by atoms with Crippen LogP contribution in [0.4, 0.5) is 5.69 Å². The smallest absolute Gasteiger partial charge is 0.251 e. The molecular formula is C19H24N4O3. The van der Waals surface area contributed by atoms with Gasteiger partial charge in [-0.25, -0.2) is 0 Å². The Morgan fingerprint density at radius 2 is 1.96 bits per heavy atom. The van der Waals surface area contributed by atoms with Gasteiger partial charge in [0.25, 0.3) is 5.91 Å². The summed E-state index contributed by atoms with van der Waals surface area (Å²) in [6.07, 6.45) is 1.87. The highest BCUT2D eigenvalue weighted by Crippen LogP contribution is 2.21. The number of nitrogens with one attached hydrogen (secondary N) is 2. The molecule has 0 bridgehead atoms. The Labute approximate surface area is 153 Å². The van der Waals surface area contributed by atoms with Gasteiger partial charge in [0.15, 0.2) is 0 Å². The Hall–Kier alpha value is -2.88. The number of nitriles is 1. The number of amides is 3. The molecule has 1 aliphatic rings. The molecule has 1 aromatic rings. The summed E-state index contributed by atoms with van der Waals surface area (Å²) in [7, 11) is 0. The monoisotopic (exact) mass is 356 g/mol. The lowest BCUT2D eigenvalue weighted by Crippen LogP contribution is -2.47. The van der Waals surface area contributed by atoms with Crippen molar-refractivity contribution in [1.82, 2.24) is 10.6 Å². The number of nitrogens with zero attached hydrogens (tertiary/aromatic N) is 2. The lowest BCUT2D eigenvalue weighted by Gasteiger charge is -2.20. The Kier molecular flexibility index (Phi) is 6.73. The van der Waals surface area contributed by atoms with Crippen molar-refractivity contribution in [2.24, 2.45) is 5.92 Å². The zero-order valence-corrected chi connectivity index (χ0v) is 15.1. The van der Waals surface area contributed by atoms with Crippen LogP contribution in [0.25, 0.3) is 0 Å². The van der Waals surface area contributed by atoms with Crippen LogP contribution in [0.3, 0.4) is 0 Å². The summed E-state index contributed by atoms with van der Waals surface area (Å²) in [5, 5.41) is 13.8. The average molecular weight is 356 g/mol. The number of hydrogen-bond donors (Lipinski definition) is 2. The van der Waals surface area contributed by atoms with Gasteiger partial charge in [-0.15, -0.1) is 0 Å². The molecule has 7 nitrogen and oxygen atoms in total. The van der Waals surface area contributed by atoms with Crippen molar-refractivity contribution < 1.29 is 14.4 Å². The van der Waals surface area contributed by atoms with E-state index in [1.54, 1.807) is 29.2 Å². The molecule has 0 spiro atoms. The first-order chi connectivity index (χ1) is 12.4. The maximum atomic E-state index is 12.5. The highest BCUT2D eigenvalue weighted by molar-refractivity contribution is 5.99. The predicted octanol–water partition coefficient (Wildman–Crippen LogP) is 1.60. The van der Waals surface area contributed by atoms with Gasteiger partial charge in [-0.2, -0.15) is 5.26 Å². The van der Waals surface area contributed by atoms with Crippen LogP contribution in [0.1, 0.15) is 43.5 Å². The summed E-state index contributed by atoms with van der Waals surface area (Å²) in [6, 6.07) is 7.93. The van der Waals surface area contributed by atoms with E-state index in [9.17, 15) is 14.4 Å². The van der Waals surface area contributed by atoms with Crippen LogP contribution in [0, 0.1) is 17.2 Å². The van der Waals surface area contributed by atoms with E-state index < -0.39 is 6.04 Å². The van der Waals surface area contributed by atoms with Gasteiger partial charge < -0.3 is 15.5 Å². The van der Waals surface area contributed by atoms with E-state index in [4.69, 9.17) is 5.26 Å². The van der Waals surface area contributed by atoms with Gasteiger partial charge in [-0.05, 0) is 43.0 Å². The van der Waals surface area contributed by atoms with Gasteiger partial charge >= 0.3 is 0 Å². The second kappa shape index (κ2) is 8.99. The van der Waals surface area contributed by atoms with Crippen LogP contribution in [0.5, 0.6) is 0 Å². The number of hydrogen-bond acceptors (Lipinski definition) is 4. The number of rotatable bonds is 7. The minimum Gasteiger partial charge on any atom is -0.341 e. The maximum Gasteiger partial charge on any atom is 0.251 e. The second-order valence-electron chi connectivity index (χ2n) is 6.73. The second-order valence-corrected chi connectivity index (χ2v) is 6.73. The third kappa shape index (κ3) is 5.06. The third-order valence-electron chi connectivity index (χ3n) is 4.19. The molecule has 1 heterocycles. The topological polar surface area (TPSA) is 102 Å². The quantitative estimate of drug-likeness (QED) is 0.724. The van der Waals surface area contributed by atoms with Crippen molar-refractivity contribution >= 4 is 23.4 Å². The maximum absolute atomic E-state index is 12.5. The molecule has 0 unspecified atom stereocenters. The molecule has 0 saturated carbocycles. The van der Waals surface area contributed by atoms with Crippen molar-refractivity contribution in [2.45, 2.75) is 39.2 Å². The van der Waals surface area contributed by atoms with Crippen LogP contribution >= 0.6 is 0 Å². The molecule has 2 N–H and O–H groups in total. The van der Waals surface area contributed by atoms with Crippen molar-refractivity contribution in [3.8, 4) is 6.07 Å². The molecule has 3 amide bonds. The van der Waals surface area contributed by atoms with Gasteiger partial charge in [0, 0.05) is 24.2 Å². The normalized spacial score (nSPS) is 14.8. The van der Waals surface area contributed by atoms with E-state index in [-0.39, 0.29) is 30.2 Å². The lowest BCUT2D eigenvalue weighted by molar-refractivity contribution is -0.123. The fraction of sp³-hybridized carbons (Fsp3) is 0.474. The molecule has 1 aromatic carbocycles. The van der Waals surface area contributed by atoms with Crippen LogP contribution in [0.2, 0.25) is 0 Å². The highest BCUT2D eigenvalue weighted by atomic mass is 16.2. The van der Waals surface area contributed by atoms with Crippen molar-refractivity contribution in [1.29, 1.82) is 5.26 Å². The summed E-state index contributed by atoms with van der Waals surface area (Å²) in [5.41, 5.74) is 1.19. The van der Waals surface area contributed by atoms with Gasteiger partial charge in [0.05, 0.1) is 6.07 Å². The molecule has 1 fully saturated rings. The molecule has 0 aliphatic carbocycles. The SMILES string of the molecule is CC(C)C[C@H](NC(=O)c1ccc(N2CCCC2=O)cc1)C(=O)NCC#N. The van der Waals surface area contributed by atoms with E-state index in [0.29, 0.717) is 24.9 Å². The van der Waals surface area contributed by atoms with E-state index >= 15 is 0 Å². The Morgan fingerprint density at radius 1 is 1.27 bits per heavy atom. The summed E-state index contributed by atoms with van der Waals surface area (Å²) >= 11 is 0. The zero-order valence-electron chi connectivity index (χ0n) is 15.1. The van der Waals surface area contributed by atoms with E-state index in [0.717, 1.165) is 12.1 Å². The molecule has 0 aromatic heterocycles. The summed E-state index contributed by atoms with van der Waals surface area (Å²) in [4.78, 5) is 38.1.